The molecule has 0 saturated heterocycles. The van der Waals surface area contributed by atoms with E-state index in [2.05, 4.69) is 46.6 Å². The number of aryl methyl sites for hydroxylation is 1. The number of pyridine rings is 2. The number of carboxylic acid groups (broad SMARTS) is 1. The second-order valence-electron chi connectivity index (χ2n) is 17.9. The second-order valence-corrected chi connectivity index (χ2v) is 18.4. The molecule has 330 valence electrons. The first kappa shape index (κ1) is 44.1. The molecule has 0 bridgehead atoms. The van der Waals surface area contributed by atoms with Gasteiger partial charge in [0.05, 0.1) is 13.2 Å². The molecule has 3 atom stereocenters. The lowest BCUT2D eigenvalue weighted by atomic mass is 9.59. The summed E-state index contributed by atoms with van der Waals surface area (Å²) in [6.07, 6.45) is 9.98. The molecule has 5 aromatic rings. The van der Waals surface area contributed by atoms with Crippen LogP contribution >= 0.6 is 11.6 Å². The maximum atomic E-state index is 14.3. The topological polar surface area (TPSA) is 123 Å². The highest BCUT2D eigenvalue weighted by Crippen LogP contribution is 2.57. The van der Waals surface area contributed by atoms with Crippen molar-refractivity contribution in [1.29, 1.82) is 0 Å². The summed E-state index contributed by atoms with van der Waals surface area (Å²) in [5.74, 6) is -0.149. The number of nitrogens with zero attached hydrogens (tertiary/aromatic N) is 2. The van der Waals surface area contributed by atoms with Crippen LogP contribution in [0.4, 0.5) is 14.5 Å². The van der Waals surface area contributed by atoms with Gasteiger partial charge in [0.1, 0.15) is 17.0 Å². The fraction of sp³-hybridized carbons (Fsp3) is 0.412. The Morgan fingerprint density at radius 3 is 2.60 bits per heavy atom. The lowest BCUT2D eigenvalue weighted by Crippen LogP contribution is -2.53. The summed E-state index contributed by atoms with van der Waals surface area (Å²) in [4.78, 5) is 33.9. The van der Waals surface area contributed by atoms with Crippen LogP contribution in [0.2, 0.25) is 5.02 Å². The number of carboxylic acids is 1. The molecule has 3 N–H and O–H groups in total. The van der Waals surface area contributed by atoms with Gasteiger partial charge in [-0.3, -0.25) is 9.78 Å². The molecule has 0 radical (unpaired) electrons. The van der Waals surface area contributed by atoms with Crippen molar-refractivity contribution in [3.63, 3.8) is 0 Å². The minimum Gasteiger partial charge on any atom is -0.494 e. The molecule has 3 aliphatic carbocycles. The molecule has 0 aliphatic heterocycles. The average molecular weight is 877 g/mol. The molecule has 1 amide bonds. The highest BCUT2D eigenvalue weighted by Gasteiger charge is 2.54. The number of hydrogen-bond donors (Lipinski definition) is 3. The Kier molecular flexibility index (Phi) is 13.3. The number of aromatic nitrogens is 2. The first-order valence-corrected chi connectivity index (χ1v) is 22.6. The van der Waals surface area contributed by atoms with Crippen LogP contribution in [0.1, 0.15) is 106 Å². The van der Waals surface area contributed by atoms with Gasteiger partial charge in [0.2, 0.25) is 17.8 Å². The Labute approximate surface area is 373 Å². The van der Waals surface area contributed by atoms with Gasteiger partial charge in [-0.1, -0.05) is 55.8 Å². The Balaban J connectivity index is 0.926. The van der Waals surface area contributed by atoms with E-state index in [1.54, 1.807) is 30.3 Å². The van der Waals surface area contributed by atoms with Crippen molar-refractivity contribution in [3.8, 4) is 22.6 Å². The van der Waals surface area contributed by atoms with E-state index in [0.29, 0.717) is 67.5 Å². The van der Waals surface area contributed by atoms with Crippen LogP contribution in [0.3, 0.4) is 0 Å². The number of fused-ring (bicyclic) bond motifs is 3. The van der Waals surface area contributed by atoms with Crippen LogP contribution in [0, 0.1) is 23.7 Å². The first-order valence-electron chi connectivity index (χ1n) is 22.2. The van der Waals surface area contributed by atoms with Gasteiger partial charge in [-0.25, -0.2) is 4.79 Å². The Morgan fingerprint density at radius 2 is 1.81 bits per heavy atom. The molecule has 3 aromatic carbocycles. The SMILES string of the molecule is C[C@@H](COc1ccnc2c1[C@H](C)CCC2)CC1Cc2ccc(OCCCC(=O)NCc3cccc(-c4ccc(F)nc4F)c3)cc2C12CCC(Nc1cccc(Cl)c1)(C(=O)O)CC2. The van der Waals surface area contributed by atoms with Gasteiger partial charge in [-0.2, -0.15) is 13.8 Å². The highest BCUT2D eigenvalue weighted by atomic mass is 35.5. The number of ether oxygens (including phenoxy) is 2. The van der Waals surface area contributed by atoms with Crippen LogP contribution in [0.5, 0.6) is 11.5 Å². The number of amides is 1. The zero-order valence-corrected chi connectivity index (χ0v) is 36.7. The second kappa shape index (κ2) is 19.1. The van der Waals surface area contributed by atoms with E-state index in [-0.39, 0.29) is 41.7 Å². The Bertz CT molecular complexity index is 2460. The lowest BCUT2D eigenvalue weighted by molar-refractivity contribution is -0.144. The number of anilines is 1. The van der Waals surface area contributed by atoms with Crippen LogP contribution in [-0.2, 0) is 34.4 Å². The fourth-order valence-electron chi connectivity index (χ4n) is 10.4. The van der Waals surface area contributed by atoms with E-state index >= 15 is 0 Å². The van der Waals surface area contributed by atoms with Gasteiger partial charge in [0.25, 0.3) is 0 Å². The van der Waals surface area contributed by atoms with Crippen LogP contribution in [-0.4, -0.2) is 45.7 Å². The largest absolute Gasteiger partial charge is 0.494 e. The quantitative estimate of drug-likeness (QED) is 0.0662. The van der Waals surface area contributed by atoms with Crippen molar-refractivity contribution >= 4 is 29.2 Å². The Hall–Kier alpha value is -5.55. The standard InChI is InChI=1S/C51H55ClF2N4O5/c1-32(31-63-44-18-23-55-43-12-3-7-33(2)47(43)44)25-37-27-36-14-15-40(29-42(36)50(37)19-21-51(22-20-50,49(60)61)58-39-11-5-10-38(52)28-39)62-24-6-13-46(59)56-30-34-8-4-9-35(26-34)41-16-17-45(53)57-48(41)54/h4-5,8-11,14-18,23,26,28-29,32-33,37,58H,3,6-7,12-13,19-22,24-25,27,30-31H2,1-2H3,(H,56,59)(H,60,61)/t32-,33-,37?,50?,51?/m1/s1. The summed E-state index contributed by atoms with van der Waals surface area (Å²) in [7, 11) is 0. The van der Waals surface area contributed by atoms with Crippen molar-refractivity contribution in [2.45, 2.75) is 108 Å². The average Bonchev–Trinajstić information content (AvgIpc) is 3.55. The number of halogens is 3. The van der Waals surface area contributed by atoms with E-state index in [9.17, 15) is 23.5 Å². The summed E-state index contributed by atoms with van der Waals surface area (Å²) in [6.45, 7) is 5.70. The number of hydrogen-bond acceptors (Lipinski definition) is 7. The maximum Gasteiger partial charge on any atom is 0.329 e. The van der Waals surface area contributed by atoms with Crippen molar-refractivity contribution < 1.29 is 33.0 Å². The minimum atomic E-state index is -1.13. The normalized spacial score (nSPS) is 21.9. The van der Waals surface area contributed by atoms with Gasteiger partial charge in [0.15, 0.2) is 0 Å². The number of carbonyl (C=O) groups is 2. The molecule has 1 spiro atoms. The lowest BCUT2D eigenvalue weighted by Gasteiger charge is -2.47. The molecule has 1 unspecified atom stereocenters. The molecule has 1 saturated carbocycles. The Morgan fingerprint density at radius 1 is 0.984 bits per heavy atom. The van der Waals surface area contributed by atoms with Gasteiger partial charge in [-0.05, 0) is 164 Å². The van der Waals surface area contributed by atoms with Crippen molar-refractivity contribution in [1.82, 2.24) is 15.3 Å². The van der Waals surface area contributed by atoms with Crippen LogP contribution in [0.15, 0.2) is 91.1 Å². The maximum absolute atomic E-state index is 14.3. The van der Waals surface area contributed by atoms with Crippen molar-refractivity contribution in [2.75, 3.05) is 18.5 Å². The number of carbonyl (C=O) groups excluding carboxylic acids is 1. The molecule has 2 heterocycles. The third-order valence-corrected chi connectivity index (χ3v) is 13.9. The smallest absolute Gasteiger partial charge is 0.329 e. The van der Waals surface area contributed by atoms with Gasteiger partial charge < -0.3 is 25.2 Å². The van der Waals surface area contributed by atoms with Gasteiger partial charge in [-0.15, -0.1) is 0 Å². The van der Waals surface area contributed by atoms with Gasteiger partial charge >= 0.3 is 5.97 Å². The van der Waals surface area contributed by atoms with E-state index in [1.807, 2.05) is 36.5 Å². The summed E-state index contributed by atoms with van der Waals surface area (Å²) >= 11 is 6.31. The summed E-state index contributed by atoms with van der Waals surface area (Å²) in [6, 6.07) is 25.1. The molecule has 63 heavy (non-hydrogen) atoms. The fourth-order valence-corrected chi connectivity index (χ4v) is 10.5. The third kappa shape index (κ3) is 9.83. The van der Waals surface area contributed by atoms with E-state index in [4.69, 9.17) is 21.1 Å². The predicted molar refractivity (Wildman–Crippen MR) is 240 cm³/mol. The van der Waals surface area contributed by atoms with Gasteiger partial charge in [0, 0.05) is 46.7 Å². The summed E-state index contributed by atoms with van der Waals surface area (Å²) in [5, 5.41) is 17.6. The molecule has 3 aliphatic rings. The predicted octanol–water partition coefficient (Wildman–Crippen LogP) is 11.0. The summed E-state index contributed by atoms with van der Waals surface area (Å²) < 4.78 is 40.5. The number of nitrogens with one attached hydrogen (secondary N) is 2. The van der Waals surface area contributed by atoms with Crippen LogP contribution in [0.25, 0.3) is 11.1 Å². The molecular formula is C51H55ClF2N4O5. The zero-order valence-electron chi connectivity index (χ0n) is 35.9. The first-order chi connectivity index (χ1) is 30.4. The van der Waals surface area contributed by atoms with E-state index < -0.39 is 23.4 Å². The molecule has 2 aromatic heterocycles. The monoisotopic (exact) mass is 876 g/mol. The molecule has 8 rings (SSSR count). The number of benzene rings is 3. The van der Waals surface area contributed by atoms with Crippen molar-refractivity contribution in [3.05, 3.63) is 136 Å². The summed E-state index contributed by atoms with van der Waals surface area (Å²) in [5.41, 5.74) is 5.72. The molecule has 1 fully saturated rings. The molecular weight excluding hydrogens is 822 g/mol. The van der Waals surface area contributed by atoms with E-state index in [1.165, 1.54) is 22.8 Å². The number of aliphatic carboxylic acids is 1. The van der Waals surface area contributed by atoms with E-state index in [0.717, 1.165) is 60.9 Å². The van der Waals surface area contributed by atoms with Crippen LogP contribution < -0.4 is 20.1 Å². The van der Waals surface area contributed by atoms with Crippen molar-refractivity contribution in [2.24, 2.45) is 11.8 Å². The molecule has 12 heteroatoms. The minimum absolute atomic E-state index is 0.138. The molecule has 9 nitrogen and oxygen atoms in total. The highest BCUT2D eigenvalue weighted by molar-refractivity contribution is 6.30. The third-order valence-electron chi connectivity index (χ3n) is 13.6. The number of rotatable bonds is 16. The zero-order chi connectivity index (χ0) is 44.1.